The van der Waals surface area contributed by atoms with Gasteiger partial charge in [0.1, 0.15) is 0 Å². The molecular weight excluding hydrogens is 378 g/mol. The van der Waals surface area contributed by atoms with Crippen molar-refractivity contribution in [1.29, 1.82) is 0 Å². The number of rotatable bonds is 3. The summed E-state index contributed by atoms with van der Waals surface area (Å²) in [5, 5.41) is 3.34. The van der Waals surface area contributed by atoms with Crippen molar-refractivity contribution >= 4 is 11.6 Å². The van der Waals surface area contributed by atoms with E-state index >= 15 is 0 Å². The summed E-state index contributed by atoms with van der Waals surface area (Å²) in [5.41, 5.74) is 3.55. The predicted octanol–water partition coefficient (Wildman–Crippen LogP) is 2.69. The lowest BCUT2D eigenvalue weighted by Crippen LogP contribution is -2.42. The van der Waals surface area contributed by atoms with Crippen LogP contribution < -0.4 is 5.56 Å². The quantitative estimate of drug-likeness (QED) is 0.843. The van der Waals surface area contributed by atoms with Gasteiger partial charge in [-0.05, 0) is 39.5 Å². The van der Waals surface area contributed by atoms with Crippen LogP contribution in [0.5, 0.6) is 0 Å². The highest BCUT2D eigenvalue weighted by Crippen LogP contribution is 2.31. The Labute approximate surface area is 177 Å². The van der Waals surface area contributed by atoms with Crippen molar-refractivity contribution in [3.63, 3.8) is 0 Å². The van der Waals surface area contributed by atoms with E-state index in [1.165, 1.54) is 12.8 Å². The van der Waals surface area contributed by atoms with Crippen molar-refractivity contribution in [2.45, 2.75) is 77.3 Å². The predicted molar refractivity (Wildman–Crippen MR) is 116 cm³/mol. The fourth-order valence-corrected chi connectivity index (χ4v) is 5.53. The summed E-state index contributed by atoms with van der Waals surface area (Å²) in [6, 6.07) is 2.45. The van der Waals surface area contributed by atoms with Gasteiger partial charge in [-0.3, -0.25) is 19.6 Å². The Bertz CT molecular complexity index is 1000. The zero-order chi connectivity index (χ0) is 20.8. The number of piperidine rings is 1. The van der Waals surface area contributed by atoms with Gasteiger partial charge in [0.05, 0.1) is 11.3 Å². The summed E-state index contributed by atoms with van der Waals surface area (Å²) in [6.07, 6.45) is 7.34. The number of aromatic amines is 1. The zero-order valence-electron chi connectivity index (χ0n) is 18.2. The molecular formula is C23H33N5O2. The van der Waals surface area contributed by atoms with Crippen LogP contribution in [0.25, 0.3) is 5.65 Å². The van der Waals surface area contributed by atoms with Gasteiger partial charge in [0, 0.05) is 62.2 Å². The molecule has 7 nitrogen and oxygen atoms in total. The number of hydrogen-bond acceptors (Lipinski definition) is 4. The van der Waals surface area contributed by atoms with Crippen LogP contribution in [0.4, 0.5) is 0 Å². The fraction of sp³-hybridized carbons (Fsp3) is 0.696. The van der Waals surface area contributed by atoms with Crippen LogP contribution in [0.1, 0.15) is 75.2 Å². The van der Waals surface area contributed by atoms with E-state index in [-0.39, 0.29) is 17.4 Å². The van der Waals surface area contributed by atoms with Crippen molar-refractivity contribution in [3.05, 3.63) is 33.4 Å². The summed E-state index contributed by atoms with van der Waals surface area (Å²) in [7, 11) is 0. The molecule has 1 saturated carbocycles. The van der Waals surface area contributed by atoms with Gasteiger partial charge in [-0.25, -0.2) is 9.50 Å². The zero-order valence-corrected chi connectivity index (χ0v) is 18.2. The second-order valence-electron chi connectivity index (χ2n) is 9.67. The number of aromatic nitrogens is 3. The second-order valence-corrected chi connectivity index (χ2v) is 9.67. The number of amides is 1. The largest absolute Gasteiger partial charge is 0.342 e. The van der Waals surface area contributed by atoms with Gasteiger partial charge < -0.3 is 4.90 Å². The van der Waals surface area contributed by atoms with E-state index in [1.807, 2.05) is 6.07 Å². The molecule has 1 atom stereocenters. The Morgan fingerprint density at radius 3 is 2.73 bits per heavy atom. The van der Waals surface area contributed by atoms with Crippen molar-refractivity contribution < 1.29 is 4.79 Å². The van der Waals surface area contributed by atoms with E-state index in [0.29, 0.717) is 24.1 Å². The average Bonchev–Trinajstić information content (AvgIpc) is 3.43. The van der Waals surface area contributed by atoms with Crippen LogP contribution in [0.2, 0.25) is 0 Å². The molecule has 0 aromatic carbocycles. The molecule has 1 saturated heterocycles. The Kier molecular flexibility index (Phi) is 5.17. The van der Waals surface area contributed by atoms with Crippen LogP contribution in [0, 0.1) is 5.92 Å². The molecule has 1 amide bonds. The molecule has 2 aromatic rings. The lowest BCUT2D eigenvalue weighted by Gasteiger charge is -2.34. The highest BCUT2D eigenvalue weighted by molar-refractivity contribution is 5.79. The van der Waals surface area contributed by atoms with Crippen LogP contribution in [-0.2, 0) is 17.8 Å². The molecule has 30 heavy (non-hydrogen) atoms. The smallest absolute Gasteiger partial charge is 0.277 e. The minimum absolute atomic E-state index is 0.0290. The molecule has 7 heteroatoms. The van der Waals surface area contributed by atoms with Crippen LogP contribution in [0.15, 0.2) is 10.9 Å². The maximum atomic E-state index is 13.2. The summed E-state index contributed by atoms with van der Waals surface area (Å²) >= 11 is 0. The molecule has 4 heterocycles. The van der Waals surface area contributed by atoms with Crippen molar-refractivity contribution in [2.24, 2.45) is 5.92 Å². The lowest BCUT2D eigenvalue weighted by atomic mass is 9.93. The molecule has 162 valence electrons. The van der Waals surface area contributed by atoms with Crippen molar-refractivity contribution in [1.82, 2.24) is 24.4 Å². The number of H-pyrrole nitrogens is 1. The minimum atomic E-state index is 0.0290. The Balaban J connectivity index is 1.40. The third-order valence-corrected chi connectivity index (χ3v) is 7.42. The molecule has 0 radical (unpaired) electrons. The number of likely N-dealkylation sites (tertiary alicyclic amines) is 1. The summed E-state index contributed by atoms with van der Waals surface area (Å²) in [6.45, 7) is 7.57. The highest BCUT2D eigenvalue weighted by atomic mass is 16.2. The molecule has 3 aliphatic rings. The fourth-order valence-electron chi connectivity index (χ4n) is 5.53. The molecule has 2 aliphatic heterocycles. The van der Waals surface area contributed by atoms with E-state index in [1.54, 1.807) is 4.52 Å². The number of hydrogen-bond donors (Lipinski definition) is 1. The molecule has 1 N–H and O–H groups in total. The summed E-state index contributed by atoms with van der Waals surface area (Å²) in [4.78, 5) is 35.3. The van der Waals surface area contributed by atoms with Crippen LogP contribution in [0.3, 0.4) is 0 Å². The molecule has 0 bridgehead atoms. The van der Waals surface area contributed by atoms with Crippen molar-refractivity contribution in [2.75, 3.05) is 19.6 Å². The first-order chi connectivity index (χ1) is 14.5. The summed E-state index contributed by atoms with van der Waals surface area (Å²) in [5.74, 6) is 0.814. The number of carbonyl (C=O) groups is 1. The molecule has 2 fully saturated rings. The van der Waals surface area contributed by atoms with E-state index < -0.39 is 0 Å². The van der Waals surface area contributed by atoms with Gasteiger partial charge >= 0.3 is 0 Å². The molecule has 0 spiro atoms. The number of nitrogens with zero attached hydrogens (tertiary/aromatic N) is 4. The standard InChI is InChI=1S/C23H33N5O2/c1-15(2)26-11-9-19-18(14-26)23(30)28-21(24-19)12-20(25-28)17-8-5-10-27(13-17)22(29)16-6-3-4-7-16/h12,15-17,25H,3-11,13-14H2,1-2H3. The third kappa shape index (κ3) is 3.47. The number of carbonyl (C=O) groups excluding carboxylic acids is 1. The summed E-state index contributed by atoms with van der Waals surface area (Å²) < 4.78 is 1.62. The van der Waals surface area contributed by atoms with E-state index in [2.05, 4.69) is 28.7 Å². The molecule has 1 unspecified atom stereocenters. The van der Waals surface area contributed by atoms with Gasteiger partial charge in [-0.2, -0.15) is 0 Å². The maximum Gasteiger partial charge on any atom is 0.277 e. The van der Waals surface area contributed by atoms with Crippen molar-refractivity contribution in [3.8, 4) is 0 Å². The van der Waals surface area contributed by atoms with Crippen LogP contribution in [-0.4, -0.2) is 56.0 Å². The molecule has 5 rings (SSSR count). The third-order valence-electron chi connectivity index (χ3n) is 7.42. The average molecular weight is 412 g/mol. The lowest BCUT2D eigenvalue weighted by molar-refractivity contribution is -0.136. The SMILES string of the molecule is CC(C)N1CCc2nc3cc(C4CCCN(C(=O)C5CCCC5)C4)[nH]n3c(=O)c2C1. The number of nitrogens with one attached hydrogen (secondary N) is 1. The van der Waals surface area contributed by atoms with E-state index in [4.69, 9.17) is 4.98 Å². The van der Waals surface area contributed by atoms with Gasteiger partial charge in [-0.1, -0.05) is 12.8 Å². The Morgan fingerprint density at radius 1 is 1.17 bits per heavy atom. The first-order valence-corrected chi connectivity index (χ1v) is 11.7. The second kappa shape index (κ2) is 7.84. The topological polar surface area (TPSA) is 73.7 Å². The van der Waals surface area contributed by atoms with E-state index in [9.17, 15) is 9.59 Å². The van der Waals surface area contributed by atoms with Gasteiger partial charge in [0.15, 0.2) is 5.65 Å². The minimum Gasteiger partial charge on any atom is -0.342 e. The Hall–Kier alpha value is -2.15. The van der Waals surface area contributed by atoms with Gasteiger partial charge in [0.2, 0.25) is 5.91 Å². The number of fused-ring (bicyclic) bond motifs is 2. The van der Waals surface area contributed by atoms with Gasteiger partial charge in [-0.15, -0.1) is 0 Å². The Morgan fingerprint density at radius 2 is 1.97 bits per heavy atom. The normalized spacial score (nSPS) is 23.4. The van der Waals surface area contributed by atoms with E-state index in [0.717, 1.165) is 68.7 Å². The highest BCUT2D eigenvalue weighted by Gasteiger charge is 2.32. The first-order valence-electron chi connectivity index (χ1n) is 11.7. The maximum absolute atomic E-state index is 13.2. The van der Waals surface area contributed by atoms with Gasteiger partial charge in [0.25, 0.3) is 5.56 Å². The molecule has 2 aromatic heterocycles. The monoisotopic (exact) mass is 411 g/mol. The first kappa shape index (κ1) is 19.8. The van der Waals surface area contributed by atoms with Crippen LogP contribution >= 0.6 is 0 Å². The molecule has 1 aliphatic carbocycles.